The lowest BCUT2D eigenvalue weighted by atomic mass is 9.96. The molecular formula is C16H18ClN3O2S. The molecule has 0 radical (unpaired) electrons. The van der Waals surface area contributed by atoms with Crippen molar-refractivity contribution >= 4 is 21.4 Å². The van der Waals surface area contributed by atoms with Crippen molar-refractivity contribution in [3.63, 3.8) is 0 Å². The van der Waals surface area contributed by atoms with Gasteiger partial charge in [-0.3, -0.25) is 0 Å². The highest BCUT2D eigenvalue weighted by molar-refractivity contribution is 7.90. The van der Waals surface area contributed by atoms with Crippen molar-refractivity contribution in [2.45, 2.75) is 23.7 Å². The summed E-state index contributed by atoms with van der Waals surface area (Å²) in [6.07, 6.45) is 4.56. The zero-order valence-electron chi connectivity index (χ0n) is 12.8. The molecule has 3 rings (SSSR count). The van der Waals surface area contributed by atoms with E-state index in [0.29, 0.717) is 16.5 Å². The Bertz CT molecular complexity index is 801. The Morgan fingerprint density at radius 3 is 2.61 bits per heavy atom. The average Bonchev–Trinajstić information content (AvgIpc) is 2.55. The zero-order chi connectivity index (χ0) is 16.4. The number of sulfone groups is 1. The van der Waals surface area contributed by atoms with Crippen molar-refractivity contribution in [2.75, 3.05) is 19.3 Å². The Morgan fingerprint density at radius 2 is 2.00 bits per heavy atom. The van der Waals surface area contributed by atoms with Gasteiger partial charge in [-0.1, -0.05) is 11.6 Å². The van der Waals surface area contributed by atoms with Crippen molar-refractivity contribution in [1.29, 1.82) is 0 Å². The summed E-state index contributed by atoms with van der Waals surface area (Å²) < 4.78 is 24.1. The first-order valence-electron chi connectivity index (χ1n) is 7.49. The van der Waals surface area contributed by atoms with E-state index >= 15 is 0 Å². The number of halogens is 1. The Balaban J connectivity index is 2.08. The molecule has 1 atom stereocenters. The monoisotopic (exact) mass is 351 g/mol. The maximum atomic E-state index is 12.1. The molecule has 2 aromatic rings. The highest BCUT2D eigenvalue weighted by atomic mass is 35.5. The molecule has 1 aromatic carbocycles. The number of rotatable bonds is 3. The van der Waals surface area contributed by atoms with E-state index in [0.717, 1.165) is 31.5 Å². The lowest BCUT2D eigenvalue weighted by Crippen LogP contribution is -2.30. The smallest absolute Gasteiger partial charge is 0.178 e. The summed E-state index contributed by atoms with van der Waals surface area (Å²) in [6.45, 7) is 1.69. The molecule has 5 nitrogen and oxygen atoms in total. The van der Waals surface area contributed by atoms with E-state index in [1.807, 2.05) is 12.1 Å². The highest BCUT2D eigenvalue weighted by Gasteiger charge is 2.25. The third-order valence-corrected chi connectivity index (χ3v) is 5.33. The van der Waals surface area contributed by atoms with Crippen molar-refractivity contribution in [3.05, 3.63) is 41.2 Å². The molecule has 0 spiro atoms. The van der Waals surface area contributed by atoms with Gasteiger partial charge in [-0.2, -0.15) is 0 Å². The maximum absolute atomic E-state index is 12.1. The molecule has 1 fully saturated rings. The molecule has 7 heteroatoms. The van der Waals surface area contributed by atoms with Crippen molar-refractivity contribution in [1.82, 2.24) is 15.3 Å². The van der Waals surface area contributed by atoms with Gasteiger partial charge < -0.3 is 5.32 Å². The summed E-state index contributed by atoms with van der Waals surface area (Å²) in [5.41, 5.74) is 1.43. The lowest BCUT2D eigenvalue weighted by Gasteiger charge is -2.24. The first-order valence-corrected chi connectivity index (χ1v) is 9.76. The number of nitrogens with zero attached hydrogens (tertiary/aromatic N) is 2. The first kappa shape index (κ1) is 16.4. The molecule has 0 bridgehead atoms. The lowest BCUT2D eigenvalue weighted by molar-refractivity contribution is 0.448. The van der Waals surface area contributed by atoms with Gasteiger partial charge in [0, 0.05) is 35.5 Å². The topological polar surface area (TPSA) is 72.0 Å². The van der Waals surface area contributed by atoms with E-state index in [9.17, 15) is 8.42 Å². The van der Waals surface area contributed by atoms with Crippen LogP contribution in [-0.2, 0) is 9.84 Å². The molecule has 23 heavy (non-hydrogen) atoms. The van der Waals surface area contributed by atoms with E-state index < -0.39 is 9.84 Å². The average molecular weight is 352 g/mol. The van der Waals surface area contributed by atoms with Gasteiger partial charge in [0.05, 0.1) is 5.69 Å². The van der Waals surface area contributed by atoms with Crippen molar-refractivity contribution in [2.24, 2.45) is 0 Å². The fourth-order valence-corrected chi connectivity index (χ4v) is 3.75. The number of benzene rings is 1. The summed E-state index contributed by atoms with van der Waals surface area (Å²) in [4.78, 5) is 9.06. The van der Waals surface area contributed by atoms with Crippen LogP contribution in [0.2, 0.25) is 5.02 Å². The Hall–Kier alpha value is -1.50. The molecule has 0 unspecified atom stereocenters. The van der Waals surface area contributed by atoms with Crippen molar-refractivity contribution in [3.8, 4) is 11.4 Å². The molecule has 0 amide bonds. The second-order valence-electron chi connectivity index (χ2n) is 5.77. The van der Waals surface area contributed by atoms with Crippen LogP contribution in [-0.4, -0.2) is 37.7 Å². The van der Waals surface area contributed by atoms with Gasteiger partial charge in [0.15, 0.2) is 15.7 Å². The fourth-order valence-electron chi connectivity index (χ4n) is 2.79. The minimum absolute atomic E-state index is 0.0857. The van der Waals surface area contributed by atoms with Gasteiger partial charge in [0.2, 0.25) is 0 Å². The third-order valence-electron chi connectivity index (χ3n) is 3.97. The number of nitrogens with one attached hydrogen (secondary N) is 1. The van der Waals surface area contributed by atoms with E-state index in [2.05, 4.69) is 15.3 Å². The molecule has 0 aliphatic carbocycles. The second kappa shape index (κ2) is 6.55. The number of hydrogen-bond donors (Lipinski definition) is 1. The molecule has 1 N–H and O–H groups in total. The van der Waals surface area contributed by atoms with Crippen LogP contribution in [0.25, 0.3) is 11.4 Å². The summed E-state index contributed by atoms with van der Waals surface area (Å²) in [5.74, 6) is 0.608. The Kier molecular flexibility index (Phi) is 4.66. The molecule has 1 aromatic heterocycles. The van der Waals surface area contributed by atoms with Gasteiger partial charge in [-0.15, -0.1) is 0 Å². The van der Waals surface area contributed by atoms with Crippen LogP contribution in [0.1, 0.15) is 24.5 Å². The normalized spacial score (nSPS) is 18.8. The van der Waals surface area contributed by atoms with E-state index in [1.165, 1.54) is 12.5 Å². The van der Waals surface area contributed by atoms with Gasteiger partial charge in [-0.25, -0.2) is 18.4 Å². The van der Waals surface area contributed by atoms with Crippen LogP contribution in [0.15, 0.2) is 35.4 Å². The van der Waals surface area contributed by atoms with Gasteiger partial charge in [0.25, 0.3) is 0 Å². The van der Waals surface area contributed by atoms with Crippen LogP contribution >= 0.6 is 11.6 Å². The molecule has 0 saturated carbocycles. The summed E-state index contributed by atoms with van der Waals surface area (Å²) in [5, 5.41) is 3.94. The van der Waals surface area contributed by atoms with E-state index in [-0.39, 0.29) is 10.8 Å². The van der Waals surface area contributed by atoms with Crippen LogP contribution in [0.5, 0.6) is 0 Å². The van der Waals surface area contributed by atoms with Gasteiger partial charge in [0.1, 0.15) is 4.90 Å². The van der Waals surface area contributed by atoms with Crippen LogP contribution in [0.3, 0.4) is 0 Å². The quantitative estimate of drug-likeness (QED) is 0.920. The molecule has 1 aliphatic rings. The SMILES string of the molecule is CS(=O)(=O)c1cnc(-c2ccc(Cl)cc2)nc1[C@@H]1CCCNC1. The van der Waals surface area contributed by atoms with Crippen molar-refractivity contribution < 1.29 is 8.42 Å². The minimum atomic E-state index is -3.36. The second-order valence-corrected chi connectivity index (χ2v) is 8.19. The predicted octanol–water partition coefficient (Wildman–Crippen LogP) is 2.67. The highest BCUT2D eigenvalue weighted by Crippen LogP contribution is 2.29. The largest absolute Gasteiger partial charge is 0.316 e. The molecule has 1 saturated heterocycles. The molecule has 122 valence electrons. The number of piperidine rings is 1. The van der Waals surface area contributed by atoms with Crippen LogP contribution in [0.4, 0.5) is 0 Å². The third kappa shape index (κ3) is 3.71. The fraction of sp³-hybridized carbons (Fsp3) is 0.375. The summed E-state index contributed by atoms with van der Waals surface area (Å²) >= 11 is 5.91. The predicted molar refractivity (Wildman–Crippen MR) is 90.4 cm³/mol. The molecule has 2 heterocycles. The minimum Gasteiger partial charge on any atom is -0.316 e. The first-order chi connectivity index (χ1) is 10.9. The van der Waals surface area contributed by atoms with E-state index in [1.54, 1.807) is 12.1 Å². The zero-order valence-corrected chi connectivity index (χ0v) is 14.4. The Morgan fingerprint density at radius 1 is 1.26 bits per heavy atom. The van der Waals surface area contributed by atoms with Crippen LogP contribution in [0, 0.1) is 0 Å². The summed E-state index contributed by atoms with van der Waals surface area (Å²) in [7, 11) is -3.36. The Labute approximate surface area is 141 Å². The van der Waals surface area contributed by atoms with Gasteiger partial charge >= 0.3 is 0 Å². The summed E-state index contributed by atoms with van der Waals surface area (Å²) in [6, 6.07) is 7.21. The maximum Gasteiger partial charge on any atom is 0.178 e. The van der Waals surface area contributed by atoms with E-state index in [4.69, 9.17) is 11.6 Å². The number of aromatic nitrogens is 2. The molecule has 1 aliphatic heterocycles. The molecular weight excluding hydrogens is 334 g/mol. The van der Waals surface area contributed by atoms with Gasteiger partial charge in [-0.05, 0) is 43.7 Å². The van der Waals surface area contributed by atoms with Crippen LogP contribution < -0.4 is 5.32 Å². The number of hydrogen-bond acceptors (Lipinski definition) is 5. The standard InChI is InChI=1S/C16H18ClN3O2S/c1-23(21,22)14-10-19-16(11-4-6-13(17)7-5-11)20-15(14)12-3-2-8-18-9-12/h4-7,10,12,18H,2-3,8-9H2,1H3/t12-/m1/s1.